The zero-order chi connectivity index (χ0) is 16.4. The molecule has 0 fully saturated rings. The first kappa shape index (κ1) is 24.9. The van der Waals surface area contributed by atoms with Gasteiger partial charge >= 0.3 is 0 Å². The van der Waals surface area contributed by atoms with E-state index in [2.05, 4.69) is 45.0 Å². The second kappa shape index (κ2) is 21.2. The molecule has 0 saturated carbocycles. The Morgan fingerprint density at radius 2 is 1.25 bits per heavy atom. The van der Waals surface area contributed by atoms with Gasteiger partial charge in [0.1, 0.15) is 0 Å². The van der Waals surface area contributed by atoms with Gasteiger partial charge < -0.3 is 5.32 Å². The third kappa shape index (κ3) is 11.7. The maximum Gasteiger partial charge on any atom is 0.0249 e. The van der Waals surface area contributed by atoms with Crippen LogP contribution in [-0.4, -0.2) is 37.1 Å². The summed E-state index contributed by atoms with van der Waals surface area (Å²) >= 11 is 0. The van der Waals surface area contributed by atoms with Crippen molar-refractivity contribution in [3.63, 3.8) is 0 Å². The predicted molar refractivity (Wildman–Crippen MR) is 96.7 cm³/mol. The maximum atomic E-state index is 3.49. The molecule has 2 nitrogen and oxygen atoms in total. The van der Waals surface area contributed by atoms with Gasteiger partial charge in [-0.2, -0.15) is 0 Å². The van der Waals surface area contributed by atoms with E-state index in [-0.39, 0.29) is 0 Å². The largest absolute Gasteiger partial charge is 0.315 e. The van der Waals surface area contributed by atoms with Crippen molar-refractivity contribution in [2.75, 3.05) is 20.1 Å². The number of rotatable bonds is 10. The molecule has 0 rings (SSSR count). The van der Waals surface area contributed by atoms with Crippen LogP contribution in [0.1, 0.15) is 87.5 Å². The highest BCUT2D eigenvalue weighted by molar-refractivity contribution is 4.82. The molecule has 126 valence electrons. The first-order chi connectivity index (χ1) is 9.74. The first-order valence-electron chi connectivity index (χ1n) is 9.16. The van der Waals surface area contributed by atoms with Crippen molar-refractivity contribution in [3.8, 4) is 0 Å². The van der Waals surface area contributed by atoms with Crippen molar-refractivity contribution in [3.05, 3.63) is 0 Å². The Morgan fingerprint density at radius 1 is 0.800 bits per heavy atom. The summed E-state index contributed by atoms with van der Waals surface area (Å²) in [5, 5.41) is 3.49. The van der Waals surface area contributed by atoms with Crippen LogP contribution < -0.4 is 5.32 Å². The van der Waals surface area contributed by atoms with E-state index < -0.39 is 0 Å². The fourth-order valence-corrected chi connectivity index (χ4v) is 2.62. The molecule has 0 aromatic carbocycles. The third-order valence-electron chi connectivity index (χ3n) is 3.35. The third-order valence-corrected chi connectivity index (χ3v) is 3.35. The summed E-state index contributed by atoms with van der Waals surface area (Å²) in [4.78, 5) is 2.69. The lowest BCUT2D eigenvalue weighted by molar-refractivity contribution is 0.147. The summed E-state index contributed by atoms with van der Waals surface area (Å²) in [5.41, 5.74) is 0. The molecule has 2 heteroatoms. The predicted octanol–water partition coefficient (Wildman–Crippen LogP) is 5.33. The summed E-state index contributed by atoms with van der Waals surface area (Å²) < 4.78 is 0. The van der Waals surface area contributed by atoms with Gasteiger partial charge in [0.15, 0.2) is 0 Å². The molecule has 0 amide bonds. The fourth-order valence-electron chi connectivity index (χ4n) is 2.62. The number of nitrogens with zero attached hydrogens (tertiary/aromatic N) is 1. The molecule has 2 atom stereocenters. The Balaban J connectivity index is -0.000000656. The van der Waals surface area contributed by atoms with Gasteiger partial charge in [-0.25, -0.2) is 0 Å². The lowest BCUT2D eigenvalue weighted by Crippen LogP contribution is -2.49. The molecule has 0 spiro atoms. The van der Waals surface area contributed by atoms with Gasteiger partial charge in [-0.05, 0) is 45.8 Å². The molecule has 0 aromatic rings. The normalized spacial score (nSPS) is 12.9. The van der Waals surface area contributed by atoms with Crippen LogP contribution in [0.4, 0.5) is 0 Å². The van der Waals surface area contributed by atoms with Crippen molar-refractivity contribution in [2.45, 2.75) is 99.6 Å². The van der Waals surface area contributed by atoms with E-state index in [1.54, 1.807) is 0 Å². The molecule has 1 N–H and O–H groups in total. The Kier molecular flexibility index (Phi) is 26.4. The topological polar surface area (TPSA) is 15.3 Å². The average Bonchev–Trinajstić information content (AvgIpc) is 2.51. The van der Waals surface area contributed by atoms with E-state index >= 15 is 0 Å². The molecular weight excluding hydrogens is 244 g/mol. The van der Waals surface area contributed by atoms with E-state index in [1.165, 1.54) is 45.2 Å². The van der Waals surface area contributed by atoms with E-state index in [0.717, 1.165) is 6.04 Å². The monoisotopic (exact) mass is 288 g/mol. The Hall–Kier alpha value is -0.0800. The van der Waals surface area contributed by atoms with Crippen molar-refractivity contribution >= 4 is 0 Å². The highest BCUT2D eigenvalue weighted by Crippen LogP contribution is 2.15. The van der Waals surface area contributed by atoms with Gasteiger partial charge in [0, 0.05) is 12.1 Å². The Bertz CT molecular complexity index is 138. The standard InChI is InChI=1S/C14H32N2.2C2H6/c1-6-10-14(13(9-4)15-5)16(11-7-2)12-8-3;2*1-2/h13-15H,6-12H2,1-5H3;2*1-2H3. The SMILES string of the molecule is CC.CC.CCCC(C(CC)NC)N(CCC)CCC. The molecule has 0 bridgehead atoms. The number of hydrogen-bond acceptors (Lipinski definition) is 2. The van der Waals surface area contributed by atoms with E-state index in [4.69, 9.17) is 0 Å². The number of nitrogens with one attached hydrogen (secondary N) is 1. The molecule has 0 radical (unpaired) electrons. The Labute approximate surface area is 130 Å². The van der Waals surface area contributed by atoms with Gasteiger partial charge in [-0.15, -0.1) is 0 Å². The quantitative estimate of drug-likeness (QED) is 0.584. The van der Waals surface area contributed by atoms with Crippen LogP contribution in [0.2, 0.25) is 0 Å². The molecule has 2 unspecified atom stereocenters. The number of likely N-dealkylation sites (N-methyl/N-ethyl adjacent to an activating group) is 1. The molecule has 0 heterocycles. The first-order valence-corrected chi connectivity index (χ1v) is 9.16. The van der Waals surface area contributed by atoms with Crippen molar-refractivity contribution in [1.82, 2.24) is 10.2 Å². The van der Waals surface area contributed by atoms with Crippen LogP contribution in [0.25, 0.3) is 0 Å². The van der Waals surface area contributed by atoms with Crippen LogP contribution in [0.5, 0.6) is 0 Å². The zero-order valence-electron chi connectivity index (χ0n) is 16.1. The molecule has 0 aliphatic carbocycles. The second-order valence-electron chi connectivity index (χ2n) is 4.70. The van der Waals surface area contributed by atoms with Gasteiger partial charge in [-0.3, -0.25) is 4.90 Å². The summed E-state index contributed by atoms with van der Waals surface area (Å²) in [6.45, 7) is 19.6. The van der Waals surface area contributed by atoms with E-state index in [1.807, 2.05) is 27.7 Å². The van der Waals surface area contributed by atoms with Crippen LogP contribution in [0.3, 0.4) is 0 Å². The lowest BCUT2D eigenvalue weighted by atomic mass is 9.98. The van der Waals surface area contributed by atoms with Crippen molar-refractivity contribution in [1.29, 1.82) is 0 Å². The molecule has 0 saturated heterocycles. The summed E-state index contributed by atoms with van der Waals surface area (Å²) in [7, 11) is 2.10. The molecular formula is C18H44N2. The lowest BCUT2D eigenvalue weighted by Gasteiger charge is -2.36. The average molecular weight is 289 g/mol. The Morgan fingerprint density at radius 3 is 1.50 bits per heavy atom. The minimum Gasteiger partial charge on any atom is -0.315 e. The van der Waals surface area contributed by atoms with Crippen molar-refractivity contribution < 1.29 is 0 Å². The van der Waals surface area contributed by atoms with Gasteiger partial charge in [0.05, 0.1) is 0 Å². The minimum atomic E-state index is 0.651. The van der Waals surface area contributed by atoms with Gasteiger partial charge in [-0.1, -0.05) is 61.8 Å². The van der Waals surface area contributed by atoms with Crippen LogP contribution in [0.15, 0.2) is 0 Å². The molecule has 0 aliphatic heterocycles. The maximum absolute atomic E-state index is 3.49. The summed E-state index contributed by atoms with van der Waals surface area (Å²) in [6.07, 6.45) is 6.36. The van der Waals surface area contributed by atoms with Crippen LogP contribution in [0, 0.1) is 0 Å². The smallest absolute Gasteiger partial charge is 0.0249 e. The van der Waals surface area contributed by atoms with Crippen LogP contribution in [-0.2, 0) is 0 Å². The minimum absolute atomic E-state index is 0.651. The second-order valence-corrected chi connectivity index (χ2v) is 4.70. The zero-order valence-corrected chi connectivity index (χ0v) is 16.1. The number of hydrogen-bond donors (Lipinski definition) is 1. The van der Waals surface area contributed by atoms with Gasteiger partial charge in [0.2, 0.25) is 0 Å². The summed E-state index contributed by atoms with van der Waals surface area (Å²) in [5.74, 6) is 0. The van der Waals surface area contributed by atoms with E-state index in [9.17, 15) is 0 Å². The highest BCUT2D eigenvalue weighted by atomic mass is 15.2. The van der Waals surface area contributed by atoms with Gasteiger partial charge in [0.25, 0.3) is 0 Å². The van der Waals surface area contributed by atoms with E-state index in [0.29, 0.717) is 6.04 Å². The fraction of sp³-hybridized carbons (Fsp3) is 1.00. The van der Waals surface area contributed by atoms with Crippen LogP contribution >= 0.6 is 0 Å². The van der Waals surface area contributed by atoms with Crippen molar-refractivity contribution in [2.24, 2.45) is 0 Å². The molecule has 20 heavy (non-hydrogen) atoms. The molecule has 0 aliphatic rings. The summed E-state index contributed by atoms with van der Waals surface area (Å²) in [6, 6.07) is 1.37. The molecule has 0 aromatic heterocycles. The highest BCUT2D eigenvalue weighted by Gasteiger charge is 2.23.